The second-order valence-corrected chi connectivity index (χ2v) is 15.9. The summed E-state index contributed by atoms with van der Waals surface area (Å²) in [5.41, 5.74) is 0.766. The van der Waals surface area contributed by atoms with Gasteiger partial charge in [-0.3, -0.25) is 0 Å². The van der Waals surface area contributed by atoms with Crippen LogP contribution in [0, 0.1) is 11.8 Å². The van der Waals surface area contributed by atoms with Crippen LogP contribution in [0.2, 0.25) is 0 Å². The molecular formula is C35H49N2O11PS. The number of hydrogen-bond donors (Lipinski definition) is 4. The molecule has 1 amide bonds. The maximum atomic E-state index is 13.4. The van der Waals surface area contributed by atoms with Crippen LogP contribution in [0.25, 0.3) is 0 Å². The number of carboxylic acid groups (broad SMARTS) is 1. The van der Waals surface area contributed by atoms with Crippen molar-refractivity contribution in [2.75, 3.05) is 46.4 Å². The van der Waals surface area contributed by atoms with Crippen molar-refractivity contribution >= 4 is 23.7 Å². The molecule has 3 aromatic carbocycles. The Balaban J connectivity index is 0.000000740. The zero-order chi connectivity index (χ0) is 36.6. The van der Waals surface area contributed by atoms with E-state index in [2.05, 4.69) is 5.32 Å². The minimum Gasteiger partial charge on any atom is -0.497 e. The van der Waals surface area contributed by atoms with Gasteiger partial charge in [0, 0.05) is 39.0 Å². The molecule has 0 aromatic heterocycles. The van der Waals surface area contributed by atoms with Crippen molar-refractivity contribution < 1.29 is 51.6 Å². The molecule has 1 heterocycles. The van der Waals surface area contributed by atoms with E-state index in [0.29, 0.717) is 30.4 Å². The maximum Gasteiger partial charge on any atom is 0.413 e. The molecule has 276 valence electrons. The molecule has 50 heavy (non-hydrogen) atoms. The van der Waals surface area contributed by atoms with Gasteiger partial charge in [0.15, 0.2) is 6.35 Å². The SMILES string of the molecule is COc1ccc(S(=O)(=O)N(CC[C@H](Cc2ccc(OCP(=O)(O)Oc3ccccc3)cc2)NC(=O)O)CC(C)C)cc1.OCC[C@H]1CCOC1. The predicted octanol–water partition coefficient (Wildman–Crippen LogP) is 5.62. The lowest BCUT2D eigenvalue weighted by Crippen LogP contribution is -2.41. The largest absolute Gasteiger partial charge is 0.497 e. The average Bonchev–Trinajstić information content (AvgIpc) is 3.60. The van der Waals surface area contributed by atoms with Crippen LogP contribution < -0.4 is 19.3 Å². The molecule has 4 rings (SSSR count). The first-order chi connectivity index (χ1) is 23.8. The Morgan fingerprint density at radius 2 is 1.68 bits per heavy atom. The predicted molar refractivity (Wildman–Crippen MR) is 189 cm³/mol. The third kappa shape index (κ3) is 14.3. The molecular weight excluding hydrogens is 687 g/mol. The van der Waals surface area contributed by atoms with Crippen LogP contribution in [-0.2, 0) is 25.7 Å². The summed E-state index contributed by atoms with van der Waals surface area (Å²) in [4.78, 5) is 21.7. The number of aliphatic hydroxyl groups excluding tert-OH is 1. The standard InChI is InChI=1S/C29H37N2O9PS.C6H12O2/c1-22(2)20-31(42(36,37)28-15-13-25(38-3)14-16-28)18-17-24(30-29(32)33)19-23-9-11-26(12-10-23)39-21-41(34,35)40-27-7-5-4-6-8-27;7-3-1-6-2-4-8-5-6/h4-16,22,24,30H,17-21H2,1-3H3,(H,32,33)(H,34,35);6-7H,1-5H2/t24-;6-/m10/s1. The minimum absolute atomic E-state index is 0.0452. The number of methoxy groups -OCH3 is 1. The second kappa shape index (κ2) is 20.3. The van der Waals surface area contributed by atoms with Gasteiger partial charge in [-0.1, -0.05) is 44.2 Å². The van der Waals surface area contributed by atoms with Crippen LogP contribution in [0.1, 0.15) is 38.7 Å². The summed E-state index contributed by atoms with van der Waals surface area (Å²) in [6.45, 7) is 6.27. The van der Waals surface area contributed by atoms with Gasteiger partial charge in [-0.2, -0.15) is 4.31 Å². The molecule has 4 N–H and O–H groups in total. The third-order valence-electron chi connectivity index (χ3n) is 7.67. The lowest BCUT2D eigenvalue weighted by Gasteiger charge is -2.26. The van der Waals surface area contributed by atoms with E-state index in [1.54, 1.807) is 66.7 Å². The highest BCUT2D eigenvalue weighted by Crippen LogP contribution is 2.42. The molecule has 1 fully saturated rings. The van der Waals surface area contributed by atoms with Crippen LogP contribution >= 0.6 is 7.60 Å². The number of ether oxygens (including phenoxy) is 3. The molecule has 0 bridgehead atoms. The first-order valence-corrected chi connectivity index (χ1v) is 19.6. The van der Waals surface area contributed by atoms with Gasteiger partial charge in [0.1, 0.15) is 17.2 Å². The van der Waals surface area contributed by atoms with Gasteiger partial charge in [-0.15, -0.1) is 0 Å². The molecule has 0 radical (unpaired) electrons. The molecule has 3 aromatic rings. The normalized spacial score (nSPS) is 16.2. The molecule has 1 aliphatic heterocycles. The summed E-state index contributed by atoms with van der Waals surface area (Å²) in [6.07, 6.45) is 0.807. The molecule has 1 aliphatic rings. The Bertz CT molecular complexity index is 1590. The van der Waals surface area contributed by atoms with E-state index < -0.39 is 36.1 Å². The Kier molecular flexibility index (Phi) is 16.5. The fraction of sp³-hybridized carbons (Fsp3) is 0.457. The Hall–Kier alpha value is -3.65. The Morgan fingerprint density at radius 1 is 1.02 bits per heavy atom. The fourth-order valence-electron chi connectivity index (χ4n) is 5.14. The van der Waals surface area contributed by atoms with Gasteiger partial charge in [-0.25, -0.2) is 17.8 Å². The summed E-state index contributed by atoms with van der Waals surface area (Å²) in [5, 5.41) is 20.4. The molecule has 0 saturated carbocycles. The summed E-state index contributed by atoms with van der Waals surface area (Å²) in [7, 11) is -6.39. The van der Waals surface area contributed by atoms with Gasteiger partial charge in [-0.05, 0) is 91.6 Å². The van der Waals surface area contributed by atoms with Crippen molar-refractivity contribution in [2.45, 2.75) is 50.5 Å². The number of sulfonamides is 1. The zero-order valence-corrected chi connectivity index (χ0v) is 30.4. The number of benzene rings is 3. The minimum atomic E-state index is -4.06. The first-order valence-electron chi connectivity index (χ1n) is 16.4. The summed E-state index contributed by atoms with van der Waals surface area (Å²) in [6, 6.07) is 20.5. The van der Waals surface area contributed by atoms with Crippen molar-refractivity contribution in [3.63, 3.8) is 0 Å². The number of amides is 1. The van der Waals surface area contributed by atoms with Crippen LogP contribution in [0.4, 0.5) is 4.79 Å². The number of para-hydroxylation sites is 1. The van der Waals surface area contributed by atoms with E-state index in [1.807, 2.05) is 13.8 Å². The van der Waals surface area contributed by atoms with Gasteiger partial charge in [0.05, 0.1) is 12.0 Å². The van der Waals surface area contributed by atoms with E-state index >= 15 is 0 Å². The van der Waals surface area contributed by atoms with Gasteiger partial charge >= 0.3 is 13.7 Å². The number of hydrogen-bond acceptors (Lipinski definition) is 9. The van der Waals surface area contributed by atoms with Crippen molar-refractivity contribution in [2.24, 2.45) is 11.8 Å². The number of nitrogens with one attached hydrogen (secondary N) is 1. The second-order valence-electron chi connectivity index (χ2n) is 12.3. The molecule has 0 spiro atoms. The highest BCUT2D eigenvalue weighted by molar-refractivity contribution is 7.89. The van der Waals surface area contributed by atoms with E-state index in [1.165, 1.54) is 23.5 Å². The monoisotopic (exact) mass is 736 g/mol. The van der Waals surface area contributed by atoms with Crippen molar-refractivity contribution in [3.05, 3.63) is 84.4 Å². The average molecular weight is 737 g/mol. The lowest BCUT2D eigenvalue weighted by molar-refractivity contribution is 0.175. The van der Waals surface area contributed by atoms with Crippen LogP contribution in [-0.4, -0.2) is 86.3 Å². The van der Waals surface area contributed by atoms with Crippen molar-refractivity contribution in [1.29, 1.82) is 0 Å². The van der Waals surface area contributed by atoms with E-state index in [9.17, 15) is 27.8 Å². The molecule has 1 unspecified atom stereocenters. The summed E-state index contributed by atoms with van der Waals surface area (Å²) in [5.74, 6) is 1.81. The molecule has 15 heteroatoms. The highest BCUT2D eigenvalue weighted by atomic mass is 32.2. The van der Waals surface area contributed by atoms with E-state index in [-0.39, 0.29) is 36.1 Å². The third-order valence-corrected chi connectivity index (χ3v) is 10.5. The van der Waals surface area contributed by atoms with E-state index in [0.717, 1.165) is 31.6 Å². The Labute approximate surface area is 294 Å². The van der Waals surface area contributed by atoms with Gasteiger partial charge in [0.2, 0.25) is 10.0 Å². The molecule has 3 atom stereocenters. The van der Waals surface area contributed by atoms with Gasteiger partial charge in [0.25, 0.3) is 0 Å². The van der Waals surface area contributed by atoms with Crippen LogP contribution in [0.5, 0.6) is 17.2 Å². The highest BCUT2D eigenvalue weighted by Gasteiger charge is 2.27. The number of nitrogens with zero attached hydrogens (tertiary/aromatic N) is 1. The van der Waals surface area contributed by atoms with Crippen molar-refractivity contribution in [1.82, 2.24) is 9.62 Å². The smallest absolute Gasteiger partial charge is 0.413 e. The number of aliphatic hydroxyl groups is 1. The van der Waals surface area contributed by atoms with Crippen molar-refractivity contribution in [3.8, 4) is 17.2 Å². The number of carbonyl (C=O) groups is 1. The van der Waals surface area contributed by atoms with Crippen LogP contribution in [0.15, 0.2) is 83.8 Å². The summed E-state index contributed by atoms with van der Waals surface area (Å²) >= 11 is 0. The topological polar surface area (TPSA) is 181 Å². The van der Waals surface area contributed by atoms with Crippen LogP contribution in [0.3, 0.4) is 0 Å². The maximum absolute atomic E-state index is 13.4. The molecule has 0 aliphatic carbocycles. The first kappa shape index (κ1) is 40.8. The molecule has 13 nitrogen and oxygen atoms in total. The van der Waals surface area contributed by atoms with E-state index in [4.69, 9.17) is 23.8 Å². The van der Waals surface area contributed by atoms with Gasteiger partial charge < -0.3 is 39.2 Å². The Morgan fingerprint density at radius 3 is 2.24 bits per heavy atom. The lowest BCUT2D eigenvalue weighted by atomic mass is 10.0. The number of rotatable bonds is 18. The summed E-state index contributed by atoms with van der Waals surface area (Å²) < 4.78 is 61.4. The molecule has 1 saturated heterocycles. The quantitative estimate of drug-likeness (QED) is 0.119. The fourth-order valence-corrected chi connectivity index (χ4v) is 7.58. The zero-order valence-electron chi connectivity index (χ0n) is 28.7.